The average Bonchev–Trinajstić information content (AvgIpc) is 2.37. The van der Waals surface area contributed by atoms with Crippen molar-refractivity contribution in [2.75, 3.05) is 26.7 Å². The molecule has 1 atom stereocenters. The summed E-state index contributed by atoms with van der Waals surface area (Å²) in [5.41, 5.74) is 1.42. The van der Waals surface area contributed by atoms with Crippen LogP contribution in [0.4, 0.5) is 0 Å². The molecule has 0 aromatic heterocycles. The Kier molecular flexibility index (Phi) is 6.99. The van der Waals surface area contributed by atoms with Gasteiger partial charge in [0.25, 0.3) is 0 Å². The van der Waals surface area contributed by atoms with Gasteiger partial charge in [-0.15, -0.1) is 0 Å². The zero-order valence-corrected chi connectivity index (χ0v) is 12.3. The highest BCUT2D eigenvalue weighted by atomic mass is 15.1. The Bertz CT molecular complexity index is 308. The topological polar surface area (TPSA) is 15.3 Å². The molecular formula is C16H28N2. The molecule has 0 fully saturated rings. The van der Waals surface area contributed by atoms with Crippen molar-refractivity contribution in [1.82, 2.24) is 10.2 Å². The van der Waals surface area contributed by atoms with Crippen molar-refractivity contribution in [1.29, 1.82) is 0 Å². The van der Waals surface area contributed by atoms with E-state index in [1.165, 1.54) is 5.56 Å². The number of hydrogen-bond donors (Lipinski definition) is 1. The molecule has 0 bridgehead atoms. The Morgan fingerprint density at radius 2 is 1.72 bits per heavy atom. The largest absolute Gasteiger partial charge is 0.313 e. The monoisotopic (exact) mass is 248 g/mol. The van der Waals surface area contributed by atoms with Crippen LogP contribution in [0.15, 0.2) is 30.3 Å². The van der Waals surface area contributed by atoms with Gasteiger partial charge in [-0.25, -0.2) is 0 Å². The first kappa shape index (κ1) is 15.2. The van der Waals surface area contributed by atoms with Crippen LogP contribution < -0.4 is 5.32 Å². The van der Waals surface area contributed by atoms with Gasteiger partial charge in [-0.05, 0) is 31.9 Å². The van der Waals surface area contributed by atoms with E-state index in [0.29, 0.717) is 12.0 Å². The van der Waals surface area contributed by atoms with Gasteiger partial charge < -0.3 is 10.2 Å². The molecule has 1 aromatic rings. The molecule has 0 spiro atoms. The second kappa shape index (κ2) is 8.28. The Morgan fingerprint density at radius 1 is 1.06 bits per heavy atom. The van der Waals surface area contributed by atoms with E-state index >= 15 is 0 Å². The van der Waals surface area contributed by atoms with Crippen molar-refractivity contribution >= 4 is 0 Å². The van der Waals surface area contributed by atoms with Crippen LogP contribution in [-0.4, -0.2) is 37.6 Å². The summed E-state index contributed by atoms with van der Waals surface area (Å²) in [4.78, 5) is 2.40. The summed E-state index contributed by atoms with van der Waals surface area (Å²) in [6.07, 6.45) is 1.14. The van der Waals surface area contributed by atoms with Gasteiger partial charge in [0.2, 0.25) is 0 Å². The minimum Gasteiger partial charge on any atom is -0.313 e. The van der Waals surface area contributed by atoms with Crippen molar-refractivity contribution in [2.24, 2.45) is 5.92 Å². The summed E-state index contributed by atoms with van der Waals surface area (Å²) < 4.78 is 0. The Morgan fingerprint density at radius 3 is 2.33 bits per heavy atom. The molecule has 2 heteroatoms. The molecule has 0 saturated carbocycles. The van der Waals surface area contributed by atoms with Gasteiger partial charge in [0.05, 0.1) is 0 Å². The van der Waals surface area contributed by atoms with Crippen molar-refractivity contribution in [2.45, 2.75) is 33.2 Å². The van der Waals surface area contributed by atoms with Gasteiger partial charge in [0.1, 0.15) is 0 Å². The highest BCUT2D eigenvalue weighted by Crippen LogP contribution is 2.01. The summed E-state index contributed by atoms with van der Waals surface area (Å²) in [5, 5.41) is 3.57. The lowest BCUT2D eigenvalue weighted by molar-refractivity contribution is 0.318. The molecule has 1 N–H and O–H groups in total. The third-order valence-electron chi connectivity index (χ3n) is 3.58. The fourth-order valence-corrected chi connectivity index (χ4v) is 1.80. The molecule has 0 aliphatic rings. The van der Waals surface area contributed by atoms with E-state index in [-0.39, 0.29) is 0 Å². The first-order chi connectivity index (χ1) is 8.59. The van der Waals surface area contributed by atoms with Crippen LogP contribution in [0.5, 0.6) is 0 Å². The number of nitrogens with one attached hydrogen (secondary N) is 1. The number of benzene rings is 1. The molecule has 2 nitrogen and oxygen atoms in total. The summed E-state index contributed by atoms with van der Waals surface area (Å²) in [6, 6.07) is 11.3. The van der Waals surface area contributed by atoms with E-state index < -0.39 is 0 Å². The van der Waals surface area contributed by atoms with E-state index in [2.05, 4.69) is 68.4 Å². The van der Waals surface area contributed by atoms with E-state index in [0.717, 1.165) is 26.1 Å². The smallest absolute Gasteiger partial charge is 0.0104 e. The third-order valence-corrected chi connectivity index (χ3v) is 3.58. The van der Waals surface area contributed by atoms with Gasteiger partial charge in [-0.1, -0.05) is 44.2 Å². The van der Waals surface area contributed by atoms with Gasteiger partial charge >= 0.3 is 0 Å². The molecule has 0 amide bonds. The molecule has 1 rings (SSSR count). The van der Waals surface area contributed by atoms with Crippen LogP contribution in [0.25, 0.3) is 0 Å². The van der Waals surface area contributed by atoms with Gasteiger partial charge in [0.15, 0.2) is 0 Å². The van der Waals surface area contributed by atoms with Crippen LogP contribution in [0, 0.1) is 5.92 Å². The lowest BCUT2D eigenvalue weighted by Gasteiger charge is -2.21. The average molecular weight is 248 g/mol. The molecule has 1 unspecified atom stereocenters. The van der Waals surface area contributed by atoms with Gasteiger partial charge in [-0.3, -0.25) is 0 Å². The third kappa shape index (κ3) is 6.18. The maximum absolute atomic E-state index is 3.57. The van der Waals surface area contributed by atoms with Crippen LogP contribution in [0.1, 0.15) is 26.3 Å². The summed E-state index contributed by atoms with van der Waals surface area (Å²) in [7, 11) is 2.20. The molecule has 0 saturated heterocycles. The molecule has 0 aliphatic heterocycles. The fourth-order valence-electron chi connectivity index (χ4n) is 1.80. The Hall–Kier alpha value is -0.860. The lowest BCUT2D eigenvalue weighted by Crippen LogP contribution is -2.37. The fraction of sp³-hybridized carbons (Fsp3) is 0.625. The molecule has 0 heterocycles. The second-order valence-corrected chi connectivity index (χ2v) is 5.53. The predicted molar refractivity (Wildman–Crippen MR) is 79.9 cm³/mol. The van der Waals surface area contributed by atoms with Crippen LogP contribution in [0.2, 0.25) is 0 Å². The zero-order valence-electron chi connectivity index (χ0n) is 12.3. The van der Waals surface area contributed by atoms with Crippen molar-refractivity contribution < 1.29 is 0 Å². The summed E-state index contributed by atoms with van der Waals surface area (Å²) >= 11 is 0. The number of likely N-dealkylation sites (N-methyl/N-ethyl adjacent to an activating group) is 1. The summed E-state index contributed by atoms with van der Waals surface area (Å²) in [5.74, 6) is 0.708. The normalized spacial score (nSPS) is 13.2. The van der Waals surface area contributed by atoms with Crippen molar-refractivity contribution in [3.63, 3.8) is 0 Å². The molecule has 18 heavy (non-hydrogen) atoms. The first-order valence-electron chi connectivity index (χ1n) is 7.05. The van der Waals surface area contributed by atoms with E-state index in [1.807, 2.05) is 0 Å². The number of hydrogen-bond acceptors (Lipinski definition) is 2. The second-order valence-electron chi connectivity index (χ2n) is 5.53. The highest BCUT2D eigenvalue weighted by Gasteiger charge is 2.06. The van der Waals surface area contributed by atoms with Crippen LogP contribution >= 0.6 is 0 Å². The Labute approximate surface area is 112 Å². The number of rotatable bonds is 8. The van der Waals surface area contributed by atoms with E-state index in [9.17, 15) is 0 Å². The molecule has 102 valence electrons. The van der Waals surface area contributed by atoms with Gasteiger partial charge in [0, 0.05) is 25.7 Å². The quantitative estimate of drug-likeness (QED) is 0.761. The van der Waals surface area contributed by atoms with E-state index in [1.54, 1.807) is 0 Å². The molecule has 0 radical (unpaired) electrons. The van der Waals surface area contributed by atoms with Crippen molar-refractivity contribution in [3.8, 4) is 0 Å². The predicted octanol–water partition coefficient (Wildman–Crippen LogP) is 2.80. The van der Waals surface area contributed by atoms with Gasteiger partial charge in [-0.2, -0.15) is 0 Å². The van der Waals surface area contributed by atoms with Crippen molar-refractivity contribution in [3.05, 3.63) is 35.9 Å². The maximum Gasteiger partial charge on any atom is 0.0104 e. The highest BCUT2D eigenvalue weighted by molar-refractivity contribution is 5.14. The number of nitrogens with zero attached hydrogens (tertiary/aromatic N) is 1. The van der Waals surface area contributed by atoms with E-state index in [4.69, 9.17) is 0 Å². The Balaban J connectivity index is 2.13. The summed E-state index contributed by atoms with van der Waals surface area (Å²) in [6.45, 7) is 10.1. The maximum atomic E-state index is 3.57. The zero-order chi connectivity index (χ0) is 13.4. The minimum atomic E-state index is 0.604. The lowest BCUT2D eigenvalue weighted by atomic mass is 10.1. The minimum absolute atomic E-state index is 0.604. The molecule has 1 aromatic carbocycles. The molecule has 0 aliphatic carbocycles. The van der Waals surface area contributed by atoms with Crippen LogP contribution in [0.3, 0.4) is 0 Å². The standard InChI is InChI=1S/C16H28N2/c1-14(2)15(3)17-11-13-18(4)12-10-16-8-6-5-7-9-16/h5-9,14-15,17H,10-13H2,1-4H3. The molecular weight excluding hydrogens is 220 g/mol. The first-order valence-corrected chi connectivity index (χ1v) is 7.05. The SMILES string of the molecule is CC(C)C(C)NCCN(C)CCc1ccccc1. The van der Waals surface area contributed by atoms with Crippen LogP contribution in [-0.2, 0) is 6.42 Å².